The number of benzene rings is 1. The van der Waals surface area contributed by atoms with Gasteiger partial charge in [-0.2, -0.15) is 0 Å². The van der Waals surface area contributed by atoms with Gasteiger partial charge in [0.15, 0.2) is 0 Å². The van der Waals surface area contributed by atoms with E-state index in [1.54, 1.807) is 7.11 Å². The van der Waals surface area contributed by atoms with Gasteiger partial charge in [0.2, 0.25) is 0 Å². The summed E-state index contributed by atoms with van der Waals surface area (Å²) in [7, 11) is 1.63. The van der Waals surface area contributed by atoms with Crippen LogP contribution in [0.15, 0.2) is 28.1 Å². The highest BCUT2D eigenvalue weighted by Crippen LogP contribution is 2.35. The van der Waals surface area contributed by atoms with Gasteiger partial charge in [-0.1, -0.05) is 27.5 Å². The molecule has 0 fully saturated rings. The lowest BCUT2D eigenvalue weighted by Crippen LogP contribution is -2.01. The van der Waals surface area contributed by atoms with Crippen LogP contribution < -0.4 is 4.74 Å². The van der Waals surface area contributed by atoms with Gasteiger partial charge in [-0.05, 0) is 41.6 Å². The number of aryl methyl sites for hydroxylation is 1. The Morgan fingerprint density at radius 2 is 2.21 bits per heavy atom. The van der Waals surface area contributed by atoms with Gasteiger partial charge in [-0.15, -0.1) is 11.3 Å². The molecule has 1 aromatic carbocycles. The van der Waals surface area contributed by atoms with Crippen molar-refractivity contribution in [2.45, 2.75) is 19.4 Å². The summed E-state index contributed by atoms with van der Waals surface area (Å²) in [6, 6.07) is 5.71. The number of aliphatic hydroxyl groups is 1. The maximum atomic E-state index is 10.3. The first kappa shape index (κ1) is 14.9. The van der Waals surface area contributed by atoms with Crippen LogP contribution in [0.2, 0.25) is 5.02 Å². The van der Waals surface area contributed by atoms with Crippen molar-refractivity contribution in [1.29, 1.82) is 0 Å². The van der Waals surface area contributed by atoms with E-state index in [1.807, 2.05) is 30.5 Å². The maximum Gasteiger partial charge on any atom is 0.119 e. The van der Waals surface area contributed by atoms with Crippen molar-refractivity contribution >= 4 is 38.9 Å². The Bertz CT molecular complexity index is 583. The molecular formula is C14H14BrClO2S. The van der Waals surface area contributed by atoms with Crippen molar-refractivity contribution in [1.82, 2.24) is 0 Å². The SMILES string of the molecule is COc1ccc(Br)c(CC(O)c2scc(C)c2Cl)c1. The normalized spacial score (nSPS) is 12.5. The van der Waals surface area contributed by atoms with E-state index in [4.69, 9.17) is 16.3 Å². The van der Waals surface area contributed by atoms with E-state index in [2.05, 4.69) is 15.9 Å². The van der Waals surface area contributed by atoms with Gasteiger partial charge in [-0.25, -0.2) is 0 Å². The Morgan fingerprint density at radius 3 is 2.79 bits per heavy atom. The average Bonchev–Trinajstić information content (AvgIpc) is 2.73. The van der Waals surface area contributed by atoms with Gasteiger partial charge in [0.1, 0.15) is 5.75 Å². The number of halogens is 2. The summed E-state index contributed by atoms with van der Waals surface area (Å²) in [5, 5.41) is 12.9. The van der Waals surface area contributed by atoms with Crippen LogP contribution in [-0.4, -0.2) is 12.2 Å². The van der Waals surface area contributed by atoms with Crippen molar-refractivity contribution in [3.05, 3.63) is 49.1 Å². The van der Waals surface area contributed by atoms with Crippen LogP contribution in [0.25, 0.3) is 0 Å². The third-order valence-electron chi connectivity index (χ3n) is 2.89. The molecule has 5 heteroatoms. The van der Waals surface area contributed by atoms with E-state index in [0.29, 0.717) is 11.4 Å². The largest absolute Gasteiger partial charge is 0.497 e. The molecule has 0 aliphatic carbocycles. The number of methoxy groups -OCH3 is 1. The highest BCUT2D eigenvalue weighted by Gasteiger charge is 2.17. The van der Waals surface area contributed by atoms with Crippen molar-refractivity contribution in [2.75, 3.05) is 7.11 Å². The number of ether oxygens (including phenoxy) is 1. The van der Waals surface area contributed by atoms with Crippen LogP contribution in [0, 0.1) is 6.92 Å². The van der Waals surface area contributed by atoms with Crippen LogP contribution in [-0.2, 0) is 6.42 Å². The zero-order valence-corrected chi connectivity index (χ0v) is 13.8. The zero-order valence-electron chi connectivity index (χ0n) is 10.6. The smallest absolute Gasteiger partial charge is 0.119 e. The molecule has 0 radical (unpaired) electrons. The monoisotopic (exact) mass is 360 g/mol. The number of hydrogen-bond donors (Lipinski definition) is 1. The third-order valence-corrected chi connectivity index (χ3v) is 5.48. The molecule has 1 N–H and O–H groups in total. The Balaban J connectivity index is 2.23. The van der Waals surface area contributed by atoms with E-state index in [1.165, 1.54) is 11.3 Å². The van der Waals surface area contributed by atoms with Crippen LogP contribution in [0.5, 0.6) is 5.75 Å². The van der Waals surface area contributed by atoms with E-state index in [0.717, 1.165) is 26.2 Å². The lowest BCUT2D eigenvalue weighted by Gasteiger charge is -2.12. The summed E-state index contributed by atoms with van der Waals surface area (Å²) in [4.78, 5) is 0.814. The van der Waals surface area contributed by atoms with Crippen molar-refractivity contribution in [3.63, 3.8) is 0 Å². The Morgan fingerprint density at radius 1 is 1.47 bits per heavy atom. The fraction of sp³-hybridized carbons (Fsp3) is 0.286. The van der Waals surface area contributed by atoms with Gasteiger partial charge in [-0.3, -0.25) is 0 Å². The molecule has 2 nitrogen and oxygen atoms in total. The second kappa shape index (κ2) is 6.27. The van der Waals surface area contributed by atoms with Gasteiger partial charge < -0.3 is 9.84 Å². The topological polar surface area (TPSA) is 29.5 Å². The minimum Gasteiger partial charge on any atom is -0.497 e. The molecule has 0 aliphatic rings. The molecule has 0 bridgehead atoms. The molecule has 0 amide bonds. The van der Waals surface area contributed by atoms with Crippen molar-refractivity contribution in [2.24, 2.45) is 0 Å². The first-order chi connectivity index (χ1) is 9.02. The van der Waals surface area contributed by atoms with Gasteiger partial charge in [0, 0.05) is 10.9 Å². The summed E-state index contributed by atoms with van der Waals surface area (Å²) in [5.41, 5.74) is 2.00. The summed E-state index contributed by atoms with van der Waals surface area (Å²) < 4.78 is 6.15. The van der Waals surface area contributed by atoms with Crippen LogP contribution in [0.3, 0.4) is 0 Å². The van der Waals surface area contributed by atoms with Crippen molar-refractivity contribution < 1.29 is 9.84 Å². The molecule has 102 valence electrons. The minimum atomic E-state index is -0.602. The highest BCUT2D eigenvalue weighted by molar-refractivity contribution is 9.10. The molecule has 1 unspecified atom stereocenters. The lowest BCUT2D eigenvalue weighted by atomic mass is 10.1. The third kappa shape index (κ3) is 3.31. The lowest BCUT2D eigenvalue weighted by molar-refractivity contribution is 0.182. The van der Waals surface area contributed by atoms with E-state index >= 15 is 0 Å². The minimum absolute atomic E-state index is 0.497. The molecule has 1 atom stereocenters. The first-order valence-corrected chi connectivity index (χ1v) is 7.82. The summed E-state index contributed by atoms with van der Waals surface area (Å²) in [6.07, 6.45) is -0.105. The molecule has 0 aliphatic heterocycles. The predicted molar refractivity (Wildman–Crippen MR) is 83.4 cm³/mol. The number of hydrogen-bond acceptors (Lipinski definition) is 3. The fourth-order valence-corrected chi connectivity index (χ4v) is 3.52. The molecule has 0 spiro atoms. The molecule has 1 aromatic heterocycles. The number of aliphatic hydroxyl groups excluding tert-OH is 1. The molecule has 0 saturated carbocycles. The Hall–Kier alpha value is -0.550. The molecule has 0 saturated heterocycles. The summed E-state index contributed by atoms with van der Waals surface area (Å²) >= 11 is 11.2. The second-order valence-electron chi connectivity index (χ2n) is 4.27. The van der Waals surface area contributed by atoms with Crippen LogP contribution in [0.4, 0.5) is 0 Å². The Labute approximate surface area is 130 Å². The second-order valence-corrected chi connectivity index (χ2v) is 6.42. The van der Waals surface area contributed by atoms with Crippen LogP contribution >= 0.6 is 38.9 Å². The van der Waals surface area contributed by atoms with Crippen LogP contribution in [0.1, 0.15) is 22.1 Å². The molecule has 19 heavy (non-hydrogen) atoms. The molecule has 2 rings (SSSR count). The summed E-state index contributed by atoms with van der Waals surface area (Å²) in [5.74, 6) is 0.777. The number of rotatable bonds is 4. The van der Waals surface area contributed by atoms with Gasteiger partial charge >= 0.3 is 0 Å². The summed E-state index contributed by atoms with van der Waals surface area (Å²) in [6.45, 7) is 1.94. The van der Waals surface area contributed by atoms with Crippen molar-refractivity contribution in [3.8, 4) is 5.75 Å². The first-order valence-electron chi connectivity index (χ1n) is 5.77. The van der Waals surface area contributed by atoms with E-state index < -0.39 is 6.10 Å². The van der Waals surface area contributed by atoms with Gasteiger partial charge in [0.25, 0.3) is 0 Å². The molecule has 1 heterocycles. The Kier molecular flexibility index (Phi) is 4.90. The molecule has 2 aromatic rings. The van der Waals surface area contributed by atoms with E-state index in [-0.39, 0.29) is 0 Å². The standard InChI is InChI=1S/C14H14BrClO2S/c1-8-7-19-14(13(8)16)12(17)6-9-5-10(18-2)3-4-11(9)15/h3-5,7,12,17H,6H2,1-2H3. The van der Waals surface area contributed by atoms with Gasteiger partial charge in [0.05, 0.1) is 23.1 Å². The molecular weight excluding hydrogens is 348 g/mol. The maximum absolute atomic E-state index is 10.3. The quantitative estimate of drug-likeness (QED) is 0.851. The average molecular weight is 362 g/mol. The van der Waals surface area contributed by atoms with E-state index in [9.17, 15) is 5.11 Å². The highest BCUT2D eigenvalue weighted by atomic mass is 79.9. The fourth-order valence-electron chi connectivity index (χ4n) is 1.81. The predicted octanol–water partition coefficient (Wildman–Crippen LogP) is 4.76. The zero-order chi connectivity index (χ0) is 14.0. The number of thiophene rings is 1.